The molecule has 0 saturated heterocycles. The van der Waals surface area contributed by atoms with E-state index in [4.69, 9.17) is 15.0 Å². The number of aryl methyl sites for hydroxylation is 1. The molecule has 6 aromatic carbocycles. The third-order valence-electron chi connectivity index (χ3n) is 12.4. The van der Waals surface area contributed by atoms with Gasteiger partial charge < -0.3 is 0 Å². The number of nitrogens with zero attached hydrogens (tertiary/aromatic N) is 4. The fraction of sp³-hybridized carbons (Fsp3) is 0.192. The Hall–Kier alpha value is -6.26. The molecule has 0 fully saturated rings. The fourth-order valence-electron chi connectivity index (χ4n) is 9.53. The molecule has 0 radical (unpaired) electrons. The second-order valence-electron chi connectivity index (χ2n) is 15.4. The van der Waals surface area contributed by atoms with Crippen LogP contribution in [0.15, 0.2) is 144 Å². The average molecular weight is 725 g/mol. The van der Waals surface area contributed by atoms with Crippen molar-refractivity contribution >= 4 is 61.5 Å². The monoisotopic (exact) mass is 724 g/mol. The Labute approximate surface area is 328 Å². The number of hydrogen-bond donors (Lipinski definition) is 0. The number of hydrogen-bond acceptors (Lipinski definition) is 4. The van der Waals surface area contributed by atoms with Crippen molar-refractivity contribution in [1.82, 2.24) is 9.97 Å². The minimum absolute atomic E-state index is 0.247. The SMILES string of the molecule is CCc1c(C2=NC=NCC2CC)ccc2ccc(-c3ccc4c(c3)C(CC)C(c3ccc(-c5ccc6ccc7cccnc7c6n5)c5ccccc35)C=C4)cc12. The summed E-state index contributed by atoms with van der Waals surface area (Å²) in [4.78, 5) is 19.3. The molecule has 1 aliphatic carbocycles. The van der Waals surface area contributed by atoms with Gasteiger partial charge in [-0.1, -0.05) is 136 Å². The predicted molar refractivity (Wildman–Crippen MR) is 237 cm³/mol. The summed E-state index contributed by atoms with van der Waals surface area (Å²) in [5.74, 6) is 0.952. The van der Waals surface area contributed by atoms with Gasteiger partial charge in [0.25, 0.3) is 0 Å². The molecule has 272 valence electrons. The van der Waals surface area contributed by atoms with E-state index < -0.39 is 0 Å². The molecule has 4 nitrogen and oxygen atoms in total. The van der Waals surface area contributed by atoms with E-state index in [1.807, 2.05) is 12.3 Å². The zero-order chi connectivity index (χ0) is 37.8. The van der Waals surface area contributed by atoms with Gasteiger partial charge in [-0.15, -0.1) is 0 Å². The standard InChI is InChI=1S/C52H44N4/c1-4-32-30-53-31-55-50(32)46-23-20-34-14-18-38(29-48(34)40(46)6-3)37-17-13-33-19-22-43(39(5-2)47(33)28-37)44-24-25-45(42-12-8-7-11-41(42)44)49-26-21-36-16-15-35-10-9-27-54-51(35)52(36)56-49/h7-29,31-32,39,43H,4-6,30H2,1-3H3. The van der Waals surface area contributed by atoms with E-state index in [0.717, 1.165) is 58.9 Å². The summed E-state index contributed by atoms with van der Waals surface area (Å²) < 4.78 is 0. The predicted octanol–water partition coefficient (Wildman–Crippen LogP) is 13.1. The molecule has 0 saturated carbocycles. The normalized spacial score (nSPS) is 17.8. The van der Waals surface area contributed by atoms with Crippen LogP contribution >= 0.6 is 0 Å². The van der Waals surface area contributed by atoms with Crippen molar-refractivity contribution < 1.29 is 0 Å². The summed E-state index contributed by atoms with van der Waals surface area (Å²) in [6.45, 7) is 7.67. The molecule has 4 heteroatoms. The van der Waals surface area contributed by atoms with Gasteiger partial charge in [-0.2, -0.15) is 0 Å². The Morgan fingerprint density at radius 2 is 1.39 bits per heavy atom. The zero-order valence-corrected chi connectivity index (χ0v) is 32.2. The fourth-order valence-corrected chi connectivity index (χ4v) is 9.53. The molecular formula is C52H44N4. The number of fused-ring (bicyclic) bond motifs is 6. The molecule has 0 spiro atoms. The lowest BCUT2D eigenvalue weighted by Crippen LogP contribution is -2.22. The Morgan fingerprint density at radius 3 is 2.25 bits per heavy atom. The Morgan fingerprint density at radius 1 is 0.625 bits per heavy atom. The van der Waals surface area contributed by atoms with Crippen LogP contribution in [-0.2, 0) is 6.42 Å². The van der Waals surface area contributed by atoms with Crippen molar-refractivity contribution in [3.8, 4) is 22.4 Å². The van der Waals surface area contributed by atoms with Crippen LogP contribution in [0.5, 0.6) is 0 Å². The van der Waals surface area contributed by atoms with Crippen LogP contribution in [0.4, 0.5) is 0 Å². The van der Waals surface area contributed by atoms with E-state index >= 15 is 0 Å². The van der Waals surface area contributed by atoms with E-state index in [-0.39, 0.29) is 5.92 Å². The maximum absolute atomic E-state index is 5.24. The van der Waals surface area contributed by atoms with E-state index in [1.165, 1.54) is 66.2 Å². The number of aromatic nitrogens is 2. The first-order valence-electron chi connectivity index (χ1n) is 20.2. The van der Waals surface area contributed by atoms with Crippen molar-refractivity contribution in [2.24, 2.45) is 15.9 Å². The van der Waals surface area contributed by atoms with Crippen molar-refractivity contribution in [2.45, 2.75) is 51.9 Å². The molecule has 0 N–H and O–H groups in total. The molecule has 0 amide bonds. The van der Waals surface area contributed by atoms with E-state index in [0.29, 0.717) is 11.8 Å². The Bertz CT molecular complexity index is 2930. The van der Waals surface area contributed by atoms with Gasteiger partial charge in [0.15, 0.2) is 0 Å². The van der Waals surface area contributed by atoms with Gasteiger partial charge in [0, 0.05) is 46.5 Å². The van der Waals surface area contributed by atoms with Crippen molar-refractivity contribution in [2.75, 3.05) is 6.54 Å². The van der Waals surface area contributed by atoms with Crippen LogP contribution in [0.1, 0.15) is 73.3 Å². The summed E-state index contributed by atoms with van der Waals surface area (Å²) in [6.07, 6.45) is 11.4. The molecule has 3 heterocycles. The number of benzene rings is 6. The highest BCUT2D eigenvalue weighted by Gasteiger charge is 2.29. The lowest BCUT2D eigenvalue weighted by molar-refractivity contribution is 0.597. The van der Waals surface area contributed by atoms with Crippen LogP contribution in [0.3, 0.4) is 0 Å². The smallest absolute Gasteiger partial charge is 0.110 e. The first-order chi connectivity index (χ1) is 27.6. The van der Waals surface area contributed by atoms with Gasteiger partial charge in [-0.05, 0) is 98.3 Å². The molecule has 3 atom stereocenters. The first kappa shape index (κ1) is 34.2. The lowest BCUT2D eigenvalue weighted by Gasteiger charge is -2.31. The van der Waals surface area contributed by atoms with Crippen molar-refractivity contribution in [3.63, 3.8) is 0 Å². The largest absolute Gasteiger partial charge is 0.273 e. The van der Waals surface area contributed by atoms with Crippen molar-refractivity contribution in [3.05, 3.63) is 161 Å². The van der Waals surface area contributed by atoms with Crippen molar-refractivity contribution in [1.29, 1.82) is 0 Å². The molecule has 8 aromatic rings. The quantitative estimate of drug-likeness (QED) is 0.154. The molecule has 10 rings (SSSR count). The second-order valence-corrected chi connectivity index (χ2v) is 15.4. The highest BCUT2D eigenvalue weighted by atomic mass is 14.9. The highest BCUT2D eigenvalue weighted by molar-refractivity contribution is 6.11. The van der Waals surface area contributed by atoms with Gasteiger partial charge in [-0.3, -0.25) is 9.98 Å². The van der Waals surface area contributed by atoms with E-state index in [1.54, 1.807) is 6.34 Å². The van der Waals surface area contributed by atoms with Gasteiger partial charge >= 0.3 is 0 Å². The molecule has 0 bridgehead atoms. The third kappa shape index (κ3) is 5.66. The highest BCUT2D eigenvalue weighted by Crippen LogP contribution is 2.47. The van der Waals surface area contributed by atoms with Crippen LogP contribution < -0.4 is 0 Å². The molecule has 2 aromatic heterocycles. The molecular weight excluding hydrogens is 681 g/mol. The lowest BCUT2D eigenvalue weighted by atomic mass is 9.73. The van der Waals surface area contributed by atoms with Crippen LogP contribution in [0, 0.1) is 5.92 Å². The molecule has 3 unspecified atom stereocenters. The third-order valence-corrected chi connectivity index (χ3v) is 12.4. The maximum Gasteiger partial charge on any atom is 0.110 e. The van der Waals surface area contributed by atoms with Crippen LogP contribution in [-0.4, -0.2) is 28.6 Å². The minimum atomic E-state index is 0.247. The van der Waals surface area contributed by atoms with Gasteiger partial charge in [0.05, 0.1) is 22.4 Å². The summed E-state index contributed by atoms with van der Waals surface area (Å²) in [5, 5.41) is 7.32. The minimum Gasteiger partial charge on any atom is -0.273 e. The number of aliphatic imine (C=N–C) groups is 2. The van der Waals surface area contributed by atoms with Gasteiger partial charge in [0.1, 0.15) is 6.34 Å². The first-order valence-corrected chi connectivity index (χ1v) is 20.2. The summed E-state index contributed by atoms with van der Waals surface area (Å²) in [7, 11) is 0. The van der Waals surface area contributed by atoms with Gasteiger partial charge in [0.2, 0.25) is 0 Å². The van der Waals surface area contributed by atoms with Crippen LogP contribution in [0.25, 0.3) is 71.8 Å². The number of allylic oxidation sites excluding steroid dienone is 1. The molecule has 56 heavy (non-hydrogen) atoms. The topological polar surface area (TPSA) is 50.5 Å². The number of pyridine rings is 2. The zero-order valence-electron chi connectivity index (χ0n) is 32.2. The number of rotatable bonds is 7. The summed E-state index contributed by atoms with van der Waals surface area (Å²) in [5.41, 5.74) is 14.5. The van der Waals surface area contributed by atoms with Crippen LogP contribution in [0.2, 0.25) is 0 Å². The van der Waals surface area contributed by atoms with Gasteiger partial charge in [-0.25, -0.2) is 9.98 Å². The Balaban J connectivity index is 1.04. The second kappa shape index (κ2) is 14.1. The van der Waals surface area contributed by atoms with E-state index in [2.05, 4.69) is 153 Å². The van der Waals surface area contributed by atoms with E-state index in [9.17, 15) is 0 Å². The average Bonchev–Trinajstić information content (AvgIpc) is 3.27. The summed E-state index contributed by atoms with van der Waals surface area (Å²) >= 11 is 0. The molecule has 2 aliphatic rings. The Kier molecular flexibility index (Phi) is 8.63. The molecule has 1 aliphatic heterocycles. The maximum atomic E-state index is 5.24. The summed E-state index contributed by atoms with van der Waals surface area (Å²) in [6, 6.07) is 44.9.